The normalized spacial score (nSPS) is 24.1. The summed E-state index contributed by atoms with van der Waals surface area (Å²) in [6, 6.07) is 9.91. The Morgan fingerprint density at radius 3 is 2.71 bits per heavy atom. The van der Waals surface area contributed by atoms with E-state index in [1.165, 1.54) is 0 Å². The second-order valence-electron chi connectivity index (χ2n) is 4.66. The molecule has 0 aromatic heterocycles. The van der Waals surface area contributed by atoms with Crippen molar-refractivity contribution in [3.05, 3.63) is 29.8 Å². The van der Waals surface area contributed by atoms with Crippen molar-refractivity contribution in [2.75, 3.05) is 11.9 Å². The lowest BCUT2D eigenvalue weighted by atomic mass is 9.91. The van der Waals surface area contributed by atoms with Crippen LogP contribution in [0.3, 0.4) is 0 Å². The maximum absolute atomic E-state index is 10.0. The number of nitriles is 1. The van der Waals surface area contributed by atoms with Crippen molar-refractivity contribution >= 4 is 5.69 Å². The first-order valence-electron chi connectivity index (χ1n) is 6.14. The van der Waals surface area contributed by atoms with Crippen LogP contribution in [-0.4, -0.2) is 24.3 Å². The molecule has 1 fully saturated rings. The summed E-state index contributed by atoms with van der Waals surface area (Å²) >= 11 is 0. The van der Waals surface area contributed by atoms with Crippen LogP contribution >= 0.6 is 0 Å². The van der Waals surface area contributed by atoms with Crippen molar-refractivity contribution in [1.29, 1.82) is 5.26 Å². The Kier molecular flexibility index (Phi) is 3.65. The van der Waals surface area contributed by atoms with Crippen molar-refractivity contribution in [3.8, 4) is 6.07 Å². The van der Waals surface area contributed by atoms with E-state index in [0.717, 1.165) is 31.4 Å². The first-order chi connectivity index (χ1) is 8.24. The van der Waals surface area contributed by atoms with Gasteiger partial charge < -0.3 is 10.0 Å². The van der Waals surface area contributed by atoms with Gasteiger partial charge in [-0.3, -0.25) is 0 Å². The Morgan fingerprint density at radius 2 is 2.00 bits per heavy atom. The van der Waals surface area contributed by atoms with Crippen LogP contribution < -0.4 is 4.90 Å². The molecular formula is C14H18N2O. The van der Waals surface area contributed by atoms with Crippen molar-refractivity contribution in [2.45, 2.75) is 37.8 Å². The Morgan fingerprint density at radius 1 is 1.29 bits per heavy atom. The van der Waals surface area contributed by atoms with Gasteiger partial charge >= 0.3 is 0 Å². The molecule has 90 valence electrons. The molecular weight excluding hydrogens is 212 g/mol. The van der Waals surface area contributed by atoms with Crippen LogP contribution in [0.25, 0.3) is 0 Å². The molecule has 3 nitrogen and oxygen atoms in total. The highest BCUT2D eigenvalue weighted by molar-refractivity contribution is 5.59. The molecule has 0 spiro atoms. The summed E-state index contributed by atoms with van der Waals surface area (Å²) in [5, 5.41) is 19.1. The Balaban J connectivity index is 2.24. The topological polar surface area (TPSA) is 47.3 Å². The largest absolute Gasteiger partial charge is 0.391 e. The van der Waals surface area contributed by atoms with Gasteiger partial charge in [0.2, 0.25) is 0 Å². The second kappa shape index (κ2) is 5.20. The van der Waals surface area contributed by atoms with E-state index >= 15 is 0 Å². The van der Waals surface area contributed by atoms with E-state index in [-0.39, 0.29) is 12.1 Å². The monoisotopic (exact) mass is 230 g/mol. The van der Waals surface area contributed by atoms with Crippen LogP contribution in [0.5, 0.6) is 0 Å². The second-order valence-corrected chi connectivity index (χ2v) is 4.66. The van der Waals surface area contributed by atoms with Gasteiger partial charge in [0.25, 0.3) is 0 Å². The third-order valence-corrected chi connectivity index (χ3v) is 3.60. The smallest absolute Gasteiger partial charge is 0.101 e. The van der Waals surface area contributed by atoms with Crippen LogP contribution in [0.1, 0.15) is 31.2 Å². The Bertz CT molecular complexity index is 424. The van der Waals surface area contributed by atoms with Crippen LogP contribution in [0.4, 0.5) is 5.69 Å². The predicted octanol–water partition coefficient (Wildman–Crippen LogP) is 2.30. The molecule has 0 saturated heterocycles. The minimum absolute atomic E-state index is 0.137. The van der Waals surface area contributed by atoms with Crippen LogP contribution in [0, 0.1) is 11.3 Å². The molecule has 0 unspecified atom stereocenters. The number of hydrogen-bond donors (Lipinski definition) is 1. The highest BCUT2D eigenvalue weighted by Crippen LogP contribution is 2.28. The number of likely N-dealkylation sites (N-methyl/N-ethyl adjacent to an activating group) is 1. The third kappa shape index (κ3) is 2.42. The average molecular weight is 230 g/mol. The molecule has 0 amide bonds. The molecule has 0 aliphatic heterocycles. The molecule has 1 aromatic carbocycles. The zero-order valence-corrected chi connectivity index (χ0v) is 10.1. The van der Waals surface area contributed by atoms with Gasteiger partial charge in [0.15, 0.2) is 0 Å². The molecule has 1 saturated carbocycles. The number of rotatable bonds is 2. The zero-order valence-electron chi connectivity index (χ0n) is 10.1. The Hall–Kier alpha value is -1.53. The van der Waals surface area contributed by atoms with Crippen LogP contribution in [0.2, 0.25) is 0 Å². The molecule has 0 bridgehead atoms. The van der Waals surface area contributed by atoms with Gasteiger partial charge in [-0.05, 0) is 25.0 Å². The molecule has 1 aliphatic rings. The van der Waals surface area contributed by atoms with Gasteiger partial charge in [0, 0.05) is 7.05 Å². The van der Waals surface area contributed by atoms with Gasteiger partial charge in [-0.1, -0.05) is 25.0 Å². The quantitative estimate of drug-likeness (QED) is 0.848. The van der Waals surface area contributed by atoms with Gasteiger partial charge in [-0.25, -0.2) is 0 Å². The van der Waals surface area contributed by atoms with Gasteiger partial charge in [-0.15, -0.1) is 0 Å². The summed E-state index contributed by atoms with van der Waals surface area (Å²) in [6.07, 6.45) is 3.84. The molecule has 1 aromatic rings. The number of nitrogens with zero attached hydrogens (tertiary/aromatic N) is 2. The third-order valence-electron chi connectivity index (χ3n) is 3.60. The SMILES string of the molecule is CN(c1ccccc1C#N)[C@@H]1CCCC[C@H]1O. The van der Waals surface area contributed by atoms with E-state index in [1.807, 2.05) is 31.3 Å². The van der Waals surface area contributed by atoms with E-state index in [9.17, 15) is 5.11 Å². The average Bonchev–Trinajstić information content (AvgIpc) is 2.38. The highest BCUT2D eigenvalue weighted by atomic mass is 16.3. The van der Waals surface area contributed by atoms with E-state index in [0.29, 0.717) is 5.56 Å². The van der Waals surface area contributed by atoms with Crippen LogP contribution in [0.15, 0.2) is 24.3 Å². The summed E-state index contributed by atoms with van der Waals surface area (Å²) in [7, 11) is 1.97. The van der Waals surface area contributed by atoms with E-state index in [1.54, 1.807) is 0 Å². The molecule has 1 N–H and O–H groups in total. The minimum atomic E-state index is -0.277. The van der Waals surface area contributed by atoms with Gasteiger partial charge in [0.1, 0.15) is 6.07 Å². The molecule has 1 aliphatic carbocycles. The minimum Gasteiger partial charge on any atom is -0.391 e. The standard InChI is InChI=1S/C14H18N2O/c1-16(13-8-4-5-9-14(13)17)12-7-3-2-6-11(12)10-15/h2-3,6-7,13-14,17H,4-5,8-9H2,1H3/t13-,14-/m1/s1. The lowest BCUT2D eigenvalue weighted by Gasteiger charge is -2.37. The lowest BCUT2D eigenvalue weighted by molar-refractivity contribution is 0.106. The fourth-order valence-corrected chi connectivity index (χ4v) is 2.60. The fourth-order valence-electron chi connectivity index (χ4n) is 2.60. The highest BCUT2D eigenvalue weighted by Gasteiger charge is 2.27. The summed E-state index contributed by atoms with van der Waals surface area (Å²) in [5.74, 6) is 0. The number of benzene rings is 1. The van der Waals surface area contributed by atoms with Crippen molar-refractivity contribution < 1.29 is 5.11 Å². The van der Waals surface area contributed by atoms with Gasteiger partial charge in [-0.2, -0.15) is 5.26 Å². The number of aliphatic hydroxyl groups is 1. The number of para-hydroxylation sites is 1. The number of hydrogen-bond acceptors (Lipinski definition) is 3. The summed E-state index contributed by atoms with van der Waals surface area (Å²) in [4.78, 5) is 2.06. The summed E-state index contributed by atoms with van der Waals surface area (Å²) in [6.45, 7) is 0. The maximum Gasteiger partial charge on any atom is 0.101 e. The van der Waals surface area contributed by atoms with Crippen molar-refractivity contribution in [3.63, 3.8) is 0 Å². The molecule has 3 heteroatoms. The molecule has 17 heavy (non-hydrogen) atoms. The maximum atomic E-state index is 10.0. The molecule has 0 radical (unpaired) electrons. The number of aliphatic hydroxyl groups excluding tert-OH is 1. The van der Waals surface area contributed by atoms with E-state index < -0.39 is 0 Å². The molecule has 2 rings (SSSR count). The predicted molar refractivity (Wildman–Crippen MR) is 67.8 cm³/mol. The molecule has 2 atom stereocenters. The summed E-state index contributed by atoms with van der Waals surface area (Å²) < 4.78 is 0. The van der Waals surface area contributed by atoms with Gasteiger partial charge in [0.05, 0.1) is 23.4 Å². The first kappa shape index (κ1) is 11.9. The Labute approximate surface area is 102 Å². The van der Waals surface area contributed by atoms with Crippen LogP contribution in [-0.2, 0) is 0 Å². The van der Waals surface area contributed by atoms with E-state index in [4.69, 9.17) is 5.26 Å². The van der Waals surface area contributed by atoms with Crippen molar-refractivity contribution in [1.82, 2.24) is 0 Å². The first-order valence-corrected chi connectivity index (χ1v) is 6.14. The fraction of sp³-hybridized carbons (Fsp3) is 0.500. The number of anilines is 1. The lowest BCUT2D eigenvalue weighted by Crippen LogP contribution is -2.43. The van der Waals surface area contributed by atoms with E-state index in [2.05, 4.69) is 11.0 Å². The summed E-state index contributed by atoms with van der Waals surface area (Å²) in [5.41, 5.74) is 1.59. The van der Waals surface area contributed by atoms with Crippen molar-refractivity contribution in [2.24, 2.45) is 0 Å². The molecule has 0 heterocycles. The zero-order chi connectivity index (χ0) is 12.3.